The minimum Gasteiger partial charge on any atom is -0.354 e. The Balaban J connectivity index is 2.20. The molecule has 0 aromatic heterocycles. The first-order chi connectivity index (χ1) is 9.99. The van der Waals surface area contributed by atoms with Crippen LogP contribution in [0.25, 0.3) is 0 Å². The Kier molecular flexibility index (Phi) is 8.35. The molecule has 0 heterocycles. The van der Waals surface area contributed by atoms with Crippen molar-refractivity contribution < 1.29 is 9.59 Å². The van der Waals surface area contributed by atoms with Crippen LogP contribution in [0.15, 0.2) is 0 Å². The minimum atomic E-state index is -0.344. The van der Waals surface area contributed by atoms with Gasteiger partial charge < -0.3 is 10.6 Å². The number of nitrogens with one attached hydrogen (secondary N) is 3. The van der Waals surface area contributed by atoms with Crippen LogP contribution in [-0.4, -0.2) is 37.0 Å². The summed E-state index contributed by atoms with van der Waals surface area (Å²) in [5.74, 6) is 0.371. The molecule has 0 radical (unpaired) electrons. The number of rotatable bonds is 7. The lowest BCUT2D eigenvalue weighted by Gasteiger charge is -2.18. The van der Waals surface area contributed by atoms with E-state index in [-0.39, 0.29) is 24.4 Å². The van der Waals surface area contributed by atoms with Gasteiger partial charge in [0.1, 0.15) is 0 Å². The molecule has 1 unspecified atom stereocenters. The molecule has 0 aromatic carbocycles. The molecule has 5 nitrogen and oxygen atoms in total. The molecule has 122 valence electrons. The Morgan fingerprint density at radius 2 is 1.67 bits per heavy atom. The van der Waals surface area contributed by atoms with Crippen LogP contribution in [0.5, 0.6) is 0 Å². The molecule has 1 rings (SSSR count). The summed E-state index contributed by atoms with van der Waals surface area (Å²) in [6.45, 7) is 6.76. The molecule has 0 aliphatic heterocycles. The molecule has 3 N–H and O–H groups in total. The van der Waals surface area contributed by atoms with Gasteiger partial charge in [-0.3, -0.25) is 14.9 Å². The van der Waals surface area contributed by atoms with Crippen LogP contribution in [0.4, 0.5) is 0 Å². The zero-order valence-corrected chi connectivity index (χ0v) is 13.7. The Morgan fingerprint density at radius 1 is 1.05 bits per heavy atom. The van der Waals surface area contributed by atoms with Crippen molar-refractivity contribution in [1.82, 2.24) is 16.0 Å². The zero-order chi connectivity index (χ0) is 15.7. The highest BCUT2D eigenvalue weighted by molar-refractivity contribution is 5.83. The van der Waals surface area contributed by atoms with Crippen molar-refractivity contribution in [3.8, 4) is 0 Å². The highest BCUT2D eigenvalue weighted by Crippen LogP contribution is 2.16. The van der Waals surface area contributed by atoms with Gasteiger partial charge in [0.25, 0.3) is 0 Å². The lowest BCUT2D eigenvalue weighted by molar-refractivity contribution is -0.123. The molecule has 0 bridgehead atoms. The third kappa shape index (κ3) is 8.05. The largest absolute Gasteiger partial charge is 0.354 e. The van der Waals surface area contributed by atoms with Gasteiger partial charge in [-0.25, -0.2) is 0 Å². The monoisotopic (exact) mass is 297 g/mol. The van der Waals surface area contributed by atoms with Gasteiger partial charge in [0.05, 0.1) is 12.6 Å². The molecule has 2 amide bonds. The fraction of sp³-hybridized carbons (Fsp3) is 0.875. The number of carbonyl (C=O) groups excluding carboxylic acids is 2. The van der Waals surface area contributed by atoms with E-state index in [1.165, 1.54) is 25.7 Å². The second-order valence-corrected chi connectivity index (χ2v) is 6.50. The third-order valence-corrected chi connectivity index (χ3v) is 3.87. The van der Waals surface area contributed by atoms with E-state index >= 15 is 0 Å². The van der Waals surface area contributed by atoms with Gasteiger partial charge in [-0.15, -0.1) is 0 Å². The summed E-state index contributed by atoms with van der Waals surface area (Å²) in [6, 6.07) is -0.0319. The first-order valence-electron chi connectivity index (χ1n) is 8.29. The fourth-order valence-corrected chi connectivity index (χ4v) is 2.50. The van der Waals surface area contributed by atoms with Crippen LogP contribution in [0.3, 0.4) is 0 Å². The van der Waals surface area contributed by atoms with E-state index in [1.807, 2.05) is 0 Å². The molecule has 1 aliphatic rings. The van der Waals surface area contributed by atoms with Crippen molar-refractivity contribution in [3.63, 3.8) is 0 Å². The van der Waals surface area contributed by atoms with Gasteiger partial charge in [0.15, 0.2) is 0 Å². The van der Waals surface area contributed by atoms with E-state index in [0.717, 1.165) is 12.8 Å². The SMILES string of the molecule is CC(C)CNC(=O)C(C)NCC(=O)NC1CCCCCC1. The molecule has 0 aromatic rings. The van der Waals surface area contributed by atoms with Crippen LogP contribution in [0, 0.1) is 5.92 Å². The molecular weight excluding hydrogens is 266 g/mol. The van der Waals surface area contributed by atoms with Crippen molar-refractivity contribution in [1.29, 1.82) is 0 Å². The van der Waals surface area contributed by atoms with Crippen LogP contribution in [0.2, 0.25) is 0 Å². The highest BCUT2D eigenvalue weighted by atomic mass is 16.2. The van der Waals surface area contributed by atoms with E-state index in [1.54, 1.807) is 6.92 Å². The summed E-state index contributed by atoms with van der Waals surface area (Å²) in [5, 5.41) is 8.92. The van der Waals surface area contributed by atoms with Gasteiger partial charge in [-0.1, -0.05) is 39.5 Å². The Morgan fingerprint density at radius 3 is 2.24 bits per heavy atom. The van der Waals surface area contributed by atoms with Crippen molar-refractivity contribution in [3.05, 3.63) is 0 Å². The minimum absolute atomic E-state index is 0.00888. The predicted octanol–water partition coefficient (Wildman–Crippen LogP) is 1.58. The summed E-state index contributed by atoms with van der Waals surface area (Å²) in [5.41, 5.74) is 0. The Bertz CT molecular complexity index is 323. The first kappa shape index (κ1) is 18.0. The molecule has 0 saturated heterocycles. The molecule has 21 heavy (non-hydrogen) atoms. The quantitative estimate of drug-likeness (QED) is 0.625. The third-order valence-electron chi connectivity index (χ3n) is 3.87. The summed E-state index contributed by atoms with van der Waals surface area (Å²) in [6.07, 6.45) is 7.11. The molecule has 1 atom stereocenters. The van der Waals surface area contributed by atoms with Crippen molar-refractivity contribution in [2.24, 2.45) is 5.92 Å². The summed E-state index contributed by atoms with van der Waals surface area (Å²) < 4.78 is 0. The van der Waals surface area contributed by atoms with E-state index in [2.05, 4.69) is 29.8 Å². The normalized spacial score (nSPS) is 18.1. The molecule has 1 aliphatic carbocycles. The summed E-state index contributed by atoms with van der Waals surface area (Å²) in [4.78, 5) is 23.7. The lowest BCUT2D eigenvalue weighted by Crippen LogP contribution is -2.48. The lowest BCUT2D eigenvalue weighted by atomic mass is 10.1. The van der Waals surface area contributed by atoms with Crippen molar-refractivity contribution >= 4 is 11.8 Å². The maximum absolute atomic E-state index is 11.9. The summed E-state index contributed by atoms with van der Waals surface area (Å²) >= 11 is 0. The molecular formula is C16H31N3O2. The van der Waals surface area contributed by atoms with Gasteiger partial charge in [-0.05, 0) is 25.7 Å². The summed E-state index contributed by atoms with van der Waals surface area (Å²) in [7, 11) is 0. The van der Waals surface area contributed by atoms with Gasteiger partial charge in [-0.2, -0.15) is 0 Å². The zero-order valence-electron chi connectivity index (χ0n) is 13.7. The molecule has 1 saturated carbocycles. The van der Waals surface area contributed by atoms with Gasteiger partial charge in [0.2, 0.25) is 11.8 Å². The fourth-order valence-electron chi connectivity index (χ4n) is 2.50. The smallest absolute Gasteiger partial charge is 0.236 e. The Labute approximate surface area is 128 Å². The van der Waals surface area contributed by atoms with E-state index in [4.69, 9.17) is 0 Å². The highest BCUT2D eigenvalue weighted by Gasteiger charge is 2.17. The van der Waals surface area contributed by atoms with Crippen LogP contribution in [0.1, 0.15) is 59.3 Å². The van der Waals surface area contributed by atoms with Crippen LogP contribution < -0.4 is 16.0 Å². The van der Waals surface area contributed by atoms with E-state index in [9.17, 15) is 9.59 Å². The second-order valence-electron chi connectivity index (χ2n) is 6.50. The predicted molar refractivity (Wildman–Crippen MR) is 84.9 cm³/mol. The number of amides is 2. The number of hydrogen-bond donors (Lipinski definition) is 3. The first-order valence-corrected chi connectivity index (χ1v) is 8.29. The van der Waals surface area contributed by atoms with Gasteiger partial charge in [0, 0.05) is 12.6 Å². The van der Waals surface area contributed by atoms with E-state index < -0.39 is 0 Å². The number of carbonyl (C=O) groups is 2. The van der Waals surface area contributed by atoms with Crippen LogP contribution >= 0.6 is 0 Å². The average Bonchev–Trinajstić information content (AvgIpc) is 2.70. The standard InChI is InChI=1S/C16H31N3O2/c1-12(2)10-18-16(21)13(3)17-11-15(20)19-14-8-6-4-5-7-9-14/h12-14,17H,4-11H2,1-3H3,(H,18,21)(H,19,20). The topological polar surface area (TPSA) is 70.2 Å². The molecule has 1 fully saturated rings. The second kappa shape index (κ2) is 9.77. The maximum Gasteiger partial charge on any atom is 0.236 e. The van der Waals surface area contributed by atoms with Crippen molar-refractivity contribution in [2.45, 2.75) is 71.4 Å². The van der Waals surface area contributed by atoms with Crippen LogP contribution in [-0.2, 0) is 9.59 Å². The number of hydrogen-bond acceptors (Lipinski definition) is 3. The maximum atomic E-state index is 11.9. The molecule has 0 spiro atoms. The average molecular weight is 297 g/mol. The van der Waals surface area contributed by atoms with E-state index in [0.29, 0.717) is 18.5 Å². The Hall–Kier alpha value is -1.10. The van der Waals surface area contributed by atoms with Crippen molar-refractivity contribution in [2.75, 3.05) is 13.1 Å². The molecule has 5 heteroatoms. The van der Waals surface area contributed by atoms with Gasteiger partial charge >= 0.3 is 0 Å².